The highest BCUT2D eigenvalue weighted by Gasteiger charge is 2.31. The molecule has 1 aliphatic carbocycles. The lowest BCUT2D eigenvalue weighted by molar-refractivity contribution is 0.368. The summed E-state index contributed by atoms with van der Waals surface area (Å²) in [6.07, 6.45) is 3.80. The van der Waals surface area contributed by atoms with E-state index in [9.17, 15) is 8.42 Å². The largest absolute Gasteiger partial charge is 0.216 e. The molecule has 0 saturated heterocycles. The Balaban J connectivity index is 2.65. The lowest BCUT2D eigenvalue weighted by Gasteiger charge is -2.29. The predicted octanol–water partition coefficient (Wildman–Crippen LogP) is 1.85. The molecule has 1 saturated carbocycles. The van der Waals surface area contributed by atoms with Crippen LogP contribution in [0.25, 0.3) is 0 Å². The summed E-state index contributed by atoms with van der Waals surface area (Å²) < 4.78 is 25.4. The molecule has 0 radical (unpaired) electrons. The topological polar surface area (TPSA) is 37.4 Å². The van der Waals surface area contributed by atoms with Crippen molar-refractivity contribution in [2.24, 2.45) is 5.92 Å². The van der Waals surface area contributed by atoms with Crippen molar-refractivity contribution in [3.8, 4) is 0 Å². The third-order valence-electron chi connectivity index (χ3n) is 3.26. The number of hydrogen-bond donors (Lipinski definition) is 0. The SMILES string of the molecule is CCN(C)S(=O)(=O)C1CCC(C)CC1. The normalized spacial score (nSPS) is 29.4. The van der Waals surface area contributed by atoms with Gasteiger partial charge in [-0.25, -0.2) is 12.7 Å². The Morgan fingerprint density at radius 1 is 1.21 bits per heavy atom. The second kappa shape index (κ2) is 4.62. The van der Waals surface area contributed by atoms with Crippen molar-refractivity contribution in [3.05, 3.63) is 0 Å². The first-order chi connectivity index (χ1) is 6.48. The van der Waals surface area contributed by atoms with E-state index in [0.717, 1.165) is 25.7 Å². The van der Waals surface area contributed by atoms with E-state index in [1.807, 2.05) is 6.92 Å². The molecule has 0 heterocycles. The van der Waals surface area contributed by atoms with Gasteiger partial charge in [0.25, 0.3) is 0 Å². The minimum absolute atomic E-state index is 0.122. The molecule has 1 aliphatic rings. The van der Waals surface area contributed by atoms with E-state index in [2.05, 4.69) is 6.92 Å². The minimum Gasteiger partial charge on any atom is -0.212 e. The molecule has 0 atom stereocenters. The van der Waals surface area contributed by atoms with Crippen LogP contribution in [-0.4, -0.2) is 31.6 Å². The monoisotopic (exact) mass is 219 g/mol. The summed E-state index contributed by atoms with van der Waals surface area (Å²) >= 11 is 0. The lowest BCUT2D eigenvalue weighted by atomic mass is 9.91. The number of sulfonamides is 1. The van der Waals surface area contributed by atoms with E-state index >= 15 is 0 Å². The summed E-state index contributed by atoms with van der Waals surface area (Å²) in [6, 6.07) is 0. The maximum atomic E-state index is 11.9. The van der Waals surface area contributed by atoms with Crippen LogP contribution >= 0.6 is 0 Å². The molecular formula is C10H21NO2S. The second-order valence-corrected chi connectivity index (χ2v) is 6.66. The van der Waals surface area contributed by atoms with Gasteiger partial charge in [-0.15, -0.1) is 0 Å². The summed E-state index contributed by atoms with van der Waals surface area (Å²) in [6.45, 7) is 4.66. The lowest BCUT2D eigenvalue weighted by Crippen LogP contribution is -2.37. The van der Waals surface area contributed by atoms with Crippen molar-refractivity contribution in [2.45, 2.75) is 44.8 Å². The molecule has 0 aliphatic heterocycles. The van der Waals surface area contributed by atoms with Crippen LogP contribution in [0.4, 0.5) is 0 Å². The third kappa shape index (κ3) is 2.48. The quantitative estimate of drug-likeness (QED) is 0.726. The van der Waals surface area contributed by atoms with E-state index in [1.54, 1.807) is 7.05 Å². The van der Waals surface area contributed by atoms with Gasteiger partial charge in [0.1, 0.15) is 0 Å². The van der Waals surface area contributed by atoms with Crippen molar-refractivity contribution in [1.29, 1.82) is 0 Å². The van der Waals surface area contributed by atoms with Crippen LogP contribution in [0.3, 0.4) is 0 Å². The maximum absolute atomic E-state index is 11.9. The molecular weight excluding hydrogens is 198 g/mol. The summed E-state index contributed by atoms with van der Waals surface area (Å²) in [7, 11) is -1.33. The first-order valence-corrected chi connectivity index (χ1v) is 6.94. The van der Waals surface area contributed by atoms with Gasteiger partial charge in [-0.05, 0) is 31.6 Å². The highest BCUT2D eigenvalue weighted by Crippen LogP contribution is 2.29. The average molecular weight is 219 g/mol. The van der Waals surface area contributed by atoms with Crippen LogP contribution in [0.2, 0.25) is 0 Å². The fourth-order valence-electron chi connectivity index (χ4n) is 1.96. The third-order valence-corrected chi connectivity index (χ3v) is 5.70. The Morgan fingerprint density at radius 2 is 1.71 bits per heavy atom. The average Bonchev–Trinajstić information content (AvgIpc) is 2.17. The number of nitrogens with zero attached hydrogens (tertiary/aromatic N) is 1. The van der Waals surface area contributed by atoms with E-state index in [4.69, 9.17) is 0 Å². The van der Waals surface area contributed by atoms with E-state index < -0.39 is 10.0 Å². The molecule has 0 aromatic rings. The van der Waals surface area contributed by atoms with E-state index in [1.165, 1.54) is 4.31 Å². The minimum atomic E-state index is -3.00. The van der Waals surface area contributed by atoms with Gasteiger partial charge >= 0.3 is 0 Å². The van der Waals surface area contributed by atoms with Gasteiger partial charge in [-0.1, -0.05) is 13.8 Å². The van der Waals surface area contributed by atoms with Crippen LogP contribution in [0, 0.1) is 5.92 Å². The van der Waals surface area contributed by atoms with Gasteiger partial charge in [0.05, 0.1) is 5.25 Å². The van der Waals surface area contributed by atoms with Crippen LogP contribution in [0.5, 0.6) is 0 Å². The first kappa shape index (κ1) is 12.0. The molecule has 14 heavy (non-hydrogen) atoms. The molecule has 0 aromatic carbocycles. The van der Waals surface area contributed by atoms with Gasteiger partial charge in [0.2, 0.25) is 10.0 Å². The molecule has 0 bridgehead atoms. The second-order valence-electron chi connectivity index (χ2n) is 4.34. The van der Waals surface area contributed by atoms with E-state index in [0.29, 0.717) is 12.5 Å². The zero-order valence-electron chi connectivity index (χ0n) is 9.36. The molecule has 3 nitrogen and oxygen atoms in total. The molecule has 0 aromatic heterocycles. The predicted molar refractivity (Wildman–Crippen MR) is 58.6 cm³/mol. The fraction of sp³-hybridized carbons (Fsp3) is 1.00. The van der Waals surface area contributed by atoms with Crippen LogP contribution in [-0.2, 0) is 10.0 Å². The highest BCUT2D eigenvalue weighted by atomic mass is 32.2. The molecule has 1 fully saturated rings. The molecule has 84 valence electrons. The summed E-state index contributed by atoms with van der Waals surface area (Å²) in [5.74, 6) is 0.702. The maximum Gasteiger partial charge on any atom is 0.216 e. The smallest absolute Gasteiger partial charge is 0.212 e. The molecule has 4 heteroatoms. The van der Waals surface area contributed by atoms with Gasteiger partial charge < -0.3 is 0 Å². The van der Waals surface area contributed by atoms with Crippen molar-refractivity contribution in [3.63, 3.8) is 0 Å². The molecule has 0 amide bonds. The standard InChI is InChI=1S/C10H21NO2S/c1-4-11(3)14(12,13)10-7-5-9(2)6-8-10/h9-10H,4-8H2,1-3H3. The van der Waals surface area contributed by atoms with Crippen molar-refractivity contribution in [2.75, 3.05) is 13.6 Å². The first-order valence-electron chi connectivity index (χ1n) is 5.43. The van der Waals surface area contributed by atoms with Crippen molar-refractivity contribution < 1.29 is 8.42 Å². The molecule has 0 N–H and O–H groups in total. The Labute approximate surface area is 87.5 Å². The van der Waals surface area contributed by atoms with Gasteiger partial charge in [0, 0.05) is 13.6 Å². The Morgan fingerprint density at radius 3 is 2.14 bits per heavy atom. The summed E-state index contributed by atoms with van der Waals surface area (Å²) in [4.78, 5) is 0. The molecule has 0 spiro atoms. The zero-order valence-corrected chi connectivity index (χ0v) is 10.2. The highest BCUT2D eigenvalue weighted by molar-refractivity contribution is 7.89. The fourth-order valence-corrected chi connectivity index (χ4v) is 3.70. The summed E-state index contributed by atoms with van der Waals surface area (Å²) in [5, 5.41) is -0.122. The van der Waals surface area contributed by atoms with E-state index in [-0.39, 0.29) is 5.25 Å². The Bertz CT molecular complexity index is 266. The van der Waals surface area contributed by atoms with Gasteiger partial charge in [0.15, 0.2) is 0 Å². The Kier molecular flexibility index (Phi) is 3.95. The number of rotatable bonds is 3. The van der Waals surface area contributed by atoms with Crippen LogP contribution < -0.4 is 0 Å². The van der Waals surface area contributed by atoms with Gasteiger partial charge in [-0.2, -0.15) is 0 Å². The molecule has 1 rings (SSSR count). The Hall–Kier alpha value is -0.0900. The zero-order chi connectivity index (χ0) is 10.8. The van der Waals surface area contributed by atoms with Gasteiger partial charge in [-0.3, -0.25) is 0 Å². The molecule has 0 unspecified atom stereocenters. The van der Waals surface area contributed by atoms with Crippen LogP contribution in [0.15, 0.2) is 0 Å². The van der Waals surface area contributed by atoms with Crippen molar-refractivity contribution >= 4 is 10.0 Å². The summed E-state index contributed by atoms with van der Waals surface area (Å²) in [5.41, 5.74) is 0. The number of hydrogen-bond acceptors (Lipinski definition) is 2. The van der Waals surface area contributed by atoms with Crippen LogP contribution in [0.1, 0.15) is 39.5 Å². The van der Waals surface area contributed by atoms with Crippen molar-refractivity contribution in [1.82, 2.24) is 4.31 Å².